The number of amides is 1. The van der Waals surface area contributed by atoms with Crippen molar-refractivity contribution >= 4 is 17.7 Å². The number of aromatic nitrogens is 5. The molecule has 23 heavy (non-hydrogen) atoms. The summed E-state index contributed by atoms with van der Waals surface area (Å²) in [5.41, 5.74) is 1.02. The van der Waals surface area contributed by atoms with Crippen LogP contribution in [0.1, 0.15) is 37.2 Å². The van der Waals surface area contributed by atoms with Gasteiger partial charge in [0.25, 0.3) is 0 Å². The molecule has 8 heteroatoms. The quantitative estimate of drug-likeness (QED) is 0.838. The second kappa shape index (κ2) is 7.54. The van der Waals surface area contributed by atoms with Crippen LogP contribution in [0.2, 0.25) is 0 Å². The third-order valence-corrected chi connectivity index (χ3v) is 4.80. The Balaban J connectivity index is 1.54. The van der Waals surface area contributed by atoms with E-state index in [1.165, 1.54) is 11.8 Å². The first kappa shape index (κ1) is 15.9. The van der Waals surface area contributed by atoms with Crippen LogP contribution in [0.15, 0.2) is 23.7 Å². The van der Waals surface area contributed by atoms with Crippen LogP contribution >= 0.6 is 11.8 Å². The first-order valence-electron chi connectivity index (χ1n) is 7.84. The van der Waals surface area contributed by atoms with E-state index >= 15 is 0 Å². The zero-order valence-corrected chi connectivity index (χ0v) is 13.9. The highest BCUT2D eigenvalue weighted by molar-refractivity contribution is 7.99. The van der Waals surface area contributed by atoms with Gasteiger partial charge < -0.3 is 4.90 Å². The van der Waals surface area contributed by atoms with E-state index < -0.39 is 0 Å². The molecule has 122 valence electrons. The number of aryl methyl sites for hydroxylation is 1. The van der Waals surface area contributed by atoms with Crippen molar-refractivity contribution < 1.29 is 4.79 Å². The minimum Gasteiger partial charge on any atom is -0.341 e. The van der Waals surface area contributed by atoms with Crippen molar-refractivity contribution in [1.82, 2.24) is 30.0 Å². The second-order valence-corrected chi connectivity index (χ2v) is 6.46. The highest BCUT2D eigenvalue weighted by Crippen LogP contribution is 2.25. The highest BCUT2D eigenvalue weighted by Gasteiger charge is 2.25. The maximum Gasteiger partial charge on any atom is 0.233 e. The number of nitrogens with one attached hydrogen (secondary N) is 1. The van der Waals surface area contributed by atoms with Gasteiger partial charge in [-0.3, -0.25) is 9.89 Å². The number of carbonyl (C=O) groups is 1. The van der Waals surface area contributed by atoms with Gasteiger partial charge in [-0.25, -0.2) is 15.0 Å². The van der Waals surface area contributed by atoms with Crippen LogP contribution < -0.4 is 0 Å². The van der Waals surface area contributed by atoms with Crippen LogP contribution in [0, 0.1) is 0 Å². The number of aromatic amines is 1. The average Bonchev–Trinajstić information content (AvgIpc) is 3.09. The van der Waals surface area contributed by atoms with Crippen LogP contribution in [0.5, 0.6) is 0 Å². The lowest BCUT2D eigenvalue weighted by molar-refractivity contribution is -0.129. The second-order valence-electron chi connectivity index (χ2n) is 5.52. The molecule has 0 radical (unpaired) electrons. The van der Waals surface area contributed by atoms with E-state index in [9.17, 15) is 4.79 Å². The van der Waals surface area contributed by atoms with Crippen molar-refractivity contribution in [2.75, 3.05) is 18.8 Å². The molecule has 2 aromatic rings. The van der Waals surface area contributed by atoms with Gasteiger partial charge in [0.15, 0.2) is 0 Å². The Kier molecular flexibility index (Phi) is 5.22. The van der Waals surface area contributed by atoms with Crippen LogP contribution in [-0.4, -0.2) is 54.8 Å². The summed E-state index contributed by atoms with van der Waals surface area (Å²) in [6.45, 7) is 3.56. The van der Waals surface area contributed by atoms with Crippen molar-refractivity contribution in [3.8, 4) is 0 Å². The van der Waals surface area contributed by atoms with Gasteiger partial charge in [0.1, 0.15) is 12.2 Å². The number of hydrogen-bond donors (Lipinski definition) is 1. The summed E-state index contributed by atoms with van der Waals surface area (Å²) >= 11 is 1.39. The minimum atomic E-state index is 0.136. The van der Waals surface area contributed by atoms with E-state index in [-0.39, 0.29) is 5.91 Å². The molecule has 1 aliphatic heterocycles. The van der Waals surface area contributed by atoms with Gasteiger partial charge in [-0.15, -0.1) is 5.10 Å². The lowest BCUT2D eigenvalue weighted by Crippen LogP contribution is -2.40. The summed E-state index contributed by atoms with van der Waals surface area (Å²) in [7, 11) is 0. The number of carbonyl (C=O) groups excluding carboxylic acids is 1. The molecule has 1 amide bonds. The van der Waals surface area contributed by atoms with Gasteiger partial charge in [0, 0.05) is 37.3 Å². The fraction of sp³-hybridized carbons (Fsp3) is 0.533. The molecular weight excluding hydrogens is 312 g/mol. The van der Waals surface area contributed by atoms with E-state index in [1.54, 1.807) is 12.5 Å². The zero-order chi connectivity index (χ0) is 16.1. The number of thioether (sulfide) groups is 1. The molecule has 0 spiro atoms. The van der Waals surface area contributed by atoms with Gasteiger partial charge in [0.05, 0.1) is 5.75 Å². The molecule has 1 atom stereocenters. The van der Waals surface area contributed by atoms with Crippen LogP contribution in [-0.2, 0) is 11.2 Å². The topological polar surface area (TPSA) is 87.7 Å². The summed E-state index contributed by atoms with van der Waals surface area (Å²) in [4.78, 5) is 27.0. The van der Waals surface area contributed by atoms with Crippen molar-refractivity contribution in [2.45, 2.75) is 37.3 Å². The number of likely N-dealkylation sites (tertiary alicyclic amines) is 1. The maximum absolute atomic E-state index is 12.4. The normalized spacial score (nSPS) is 18.1. The third-order valence-electron chi connectivity index (χ3n) is 3.97. The largest absolute Gasteiger partial charge is 0.341 e. The molecule has 2 aromatic heterocycles. The summed E-state index contributed by atoms with van der Waals surface area (Å²) in [6.07, 6.45) is 6.21. The zero-order valence-electron chi connectivity index (χ0n) is 13.1. The monoisotopic (exact) mass is 332 g/mol. The van der Waals surface area contributed by atoms with Gasteiger partial charge in [-0.05, 0) is 18.9 Å². The van der Waals surface area contributed by atoms with E-state index in [1.807, 2.05) is 17.9 Å². The molecule has 3 rings (SSSR count). The Hall–Kier alpha value is -1.96. The van der Waals surface area contributed by atoms with Crippen LogP contribution in [0.4, 0.5) is 0 Å². The van der Waals surface area contributed by atoms with E-state index in [0.29, 0.717) is 16.8 Å². The molecular formula is C15H20N6OS. The van der Waals surface area contributed by atoms with Crippen molar-refractivity contribution in [1.29, 1.82) is 0 Å². The molecule has 0 bridgehead atoms. The summed E-state index contributed by atoms with van der Waals surface area (Å²) in [5, 5.41) is 7.61. The Morgan fingerprint density at radius 1 is 1.52 bits per heavy atom. The number of H-pyrrole nitrogens is 1. The molecule has 1 N–H and O–H groups in total. The van der Waals surface area contributed by atoms with E-state index in [2.05, 4.69) is 25.1 Å². The molecule has 1 fully saturated rings. The number of hydrogen-bond acceptors (Lipinski definition) is 6. The molecule has 0 saturated carbocycles. The smallest absolute Gasteiger partial charge is 0.233 e. The minimum absolute atomic E-state index is 0.136. The molecule has 7 nitrogen and oxygen atoms in total. The number of nitrogens with zero attached hydrogens (tertiary/aromatic N) is 5. The molecule has 1 aliphatic rings. The van der Waals surface area contributed by atoms with Crippen molar-refractivity contribution in [3.63, 3.8) is 0 Å². The van der Waals surface area contributed by atoms with Crippen molar-refractivity contribution in [3.05, 3.63) is 30.1 Å². The summed E-state index contributed by atoms with van der Waals surface area (Å²) in [5.74, 6) is 1.66. The predicted octanol–water partition coefficient (Wildman–Crippen LogP) is 1.66. The fourth-order valence-electron chi connectivity index (χ4n) is 2.71. The predicted molar refractivity (Wildman–Crippen MR) is 87.1 cm³/mol. The first-order valence-corrected chi connectivity index (χ1v) is 8.82. The lowest BCUT2D eigenvalue weighted by atomic mass is 9.94. The molecule has 3 heterocycles. The molecule has 0 aliphatic carbocycles. The van der Waals surface area contributed by atoms with Crippen LogP contribution in [0.25, 0.3) is 0 Å². The third kappa shape index (κ3) is 4.07. The van der Waals surface area contributed by atoms with E-state index in [4.69, 9.17) is 0 Å². The SMILES string of the molecule is CCc1nc(SCC(=O)N2CCC[C@H](c3ccncn3)C2)n[nH]1. The molecule has 1 saturated heterocycles. The standard InChI is InChI=1S/C15H20N6OS/c1-2-13-18-15(20-19-13)23-9-14(22)21-7-3-4-11(8-21)12-5-6-16-10-17-12/h5-6,10-11H,2-4,7-9H2,1H3,(H,18,19,20)/t11-/m0/s1. The Labute approximate surface area is 139 Å². The average molecular weight is 332 g/mol. The van der Waals surface area contributed by atoms with Gasteiger partial charge in [0.2, 0.25) is 11.1 Å². The number of piperidine rings is 1. The first-order chi connectivity index (χ1) is 11.3. The Bertz CT molecular complexity index is 646. The Morgan fingerprint density at radius 3 is 3.17 bits per heavy atom. The van der Waals surface area contributed by atoms with Crippen LogP contribution in [0.3, 0.4) is 0 Å². The maximum atomic E-state index is 12.4. The van der Waals surface area contributed by atoms with Gasteiger partial charge >= 0.3 is 0 Å². The van der Waals surface area contributed by atoms with E-state index in [0.717, 1.165) is 43.9 Å². The number of rotatable bonds is 5. The van der Waals surface area contributed by atoms with Crippen molar-refractivity contribution in [2.24, 2.45) is 0 Å². The highest BCUT2D eigenvalue weighted by atomic mass is 32.2. The molecule has 0 unspecified atom stereocenters. The molecule has 0 aromatic carbocycles. The fourth-order valence-corrected chi connectivity index (χ4v) is 3.43. The summed E-state index contributed by atoms with van der Waals surface area (Å²) in [6, 6.07) is 1.94. The van der Waals surface area contributed by atoms with Gasteiger partial charge in [-0.1, -0.05) is 18.7 Å². The van der Waals surface area contributed by atoms with Gasteiger partial charge in [-0.2, -0.15) is 0 Å². The Morgan fingerprint density at radius 2 is 2.43 bits per heavy atom. The summed E-state index contributed by atoms with van der Waals surface area (Å²) < 4.78 is 0. The lowest BCUT2D eigenvalue weighted by Gasteiger charge is -2.32.